The van der Waals surface area contributed by atoms with Gasteiger partial charge in [0.15, 0.2) is 6.10 Å². The molecule has 40 heavy (non-hydrogen) atoms. The fourth-order valence-corrected chi connectivity index (χ4v) is 5.52. The Balaban J connectivity index is 4.02. The molecule has 0 saturated carbocycles. The average molecular weight is 569 g/mol. The number of carbonyl (C=O) groups is 2. The molecule has 0 rings (SSSR count). The monoisotopic (exact) mass is 569 g/mol. The molecule has 0 fully saturated rings. The summed E-state index contributed by atoms with van der Waals surface area (Å²) < 4.78 is 4.90. The van der Waals surface area contributed by atoms with Gasteiger partial charge in [0.05, 0.1) is 12.5 Å². The number of aliphatic hydroxyl groups is 2. The van der Waals surface area contributed by atoms with Crippen molar-refractivity contribution in [2.75, 3.05) is 6.61 Å². The van der Waals surface area contributed by atoms with Gasteiger partial charge < -0.3 is 14.9 Å². The average Bonchev–Trinajstić information content (AvgIpc) is 2.96. The molecule has 0 aliphatic carbocycles. The fraction of sp³-hybridized carbons (Fsp3) is 0.943. The number of rotatable bonds is 31. The molecule has 0 heterocycles. The summed E-state index contributed by atoms with van der Waals surface area (Å²) >= 11 is 0. The van der Waals surface area contributed by atoms with Crippen LogP contribution in [0.4, 0.5) is 0 Å². The SMILES string of the molecule is CCCCCCCCCCCCCCCCC(CCCCCCCCCCCCCC)C(=O)OC(=O)C(O)CO. The van der Waals surface area contributed by atoms with Crippen LogP contribution in [0.1, 0.15) is 194 Å². The van der Waals surface area contributed by atoms with Gasteiger partial charge in [0.1, 0.15) is 0 Å². The number of unbranched alkanes of at least 4 members (excludes halogenated alkanes) is 24. The normalized spacial score (nSPS) is 12.9. The third kappa shape index (κ3) is 26.0. The summed E-state index contributed by atoms with van der Waals surface area (Å²) in [5.41, 5.74) is 0. The Hall–Kier alpha value is -0.940. The van der Waals surface area contributed by atoms with Crippen molar-refractivity contribution in [1.82, 2.24) is 0 Å². The van der Waals surface area contributed by atoms with Gasteiger partial charge in [0.25, 0.3) is 0 Å². The first-order valence-corrected chi connectivity index (χ1v) is 17.6. The molecule has 2 atom stereocenters. The standard InChI is InChI=1S/C35H68O5/c1-3-5-7-9-11-13-15-17-18-20-22-24-26-28-30-32(34(38)40-35(39)33(37)31-36)29-27-25-23-21-19-16-14-12-10-8-6-4-2/h32-33,36-37H,3-31H2,1-2H3. The Morgan fingerprint density at radius 1 is 0.475 bits per heavy atom. The van der Waals surface area contributed by atoms with E-state index in [4.69, 9.17) is 9.84 Å². The van der Waals surface area contributed by atoms with Crippen LogP contribution in [0, 0.1) is 5.92 Å². The maximum atomic E-state index is 12.6. The summed E-state index contributed by atoms with van der Waals surface area (Å²) in [5.74, 6) is -1.86. The molecule has 2 N–H and O–H groups in total. The van der Waals surface area contributed by atoms with Crippen molar-refractivity contribution in [3.63, 3.8) is 0 Å². The van der Waals surface area contributed by atoms with Crippen molar-refractivity contribution in [2.24, 2.45) is 5.92 Å². The summed E-state index contributed by atoms with van der Waals surface area (Å²) in [4.78, 5) is 24.4. The predicted molar refractivity (Wildman–Crippen MR) is 168 cm³/mol. The van der Waals surface area contributed by atoms with Crippen LogP contribution in [0.25, 0.3) is 0 Å². The second kappa shape index (κ2) is 31.0. The molecule has 0 amide bonds. The summed E-state index contributed by atoms with van der Waals surface area (Å²) in [6, 6.07) is 0. The Labute approximate surface area is 248 Å². The summed E-state index contributed by atoms with van der Waals surface area (Å²) in [6.07, 6.45) is 33.3. The first-order valence-electron chi connectivity index (χ1n) is 17.6. The van der Waals surface area contributed by atoms with E-state index in [-0.39, 0.29) is 5.92 Å². The fourth-order valence-electron chi connectivity index (χ4n) is 5.52. The molecule has 0 spiro atoms. The maximum absolute atomic E-state index is 12.6. The largest absolute Gasteiger partial charge is 0.393 e. The Kier molecular flexibility index (Phi) is 30.3. The van der Waals surface area contributed by atoms with Crippen LogP contribution in [0.2, 0.25) is 0 Å². The lowest BCUT2D eigenvalue weighted by molar-refractivity contribution is -0.170. The molecule has 0 saturated heterocycles. The number of aliphatic hydroxyl groups excluding tert-OH is 2. The Morgan fingerprint density at radius 3 is 1.02 bits per heavy atom. The Bertz CT molecular complexity index is 550. The van der Waals surface area contributed by atoms with Crippen molar-refractivity contribution < 1.29 is 24.5 Å². The summed E-state index contributed by atoms with van der Waals surface area (Å²) in [7, 11) is 0. The molecule has 5 nitrogen and oxygen atoms in total. The van der Waals surface area contributed by atoms with E-state index in [0.29, 0.717) is 0 Å². The van der Waals surface area contributed by atoms with Crippen LogP contribution in [-0.4, -0.2) is 34.9 Å². The lowest BCUT2D eigenvalue weighted by Gasteiger charge is -2.16. The lowest BCUT2D eigenvalue weighted by Crippen LogP contribution is -2.31. The zero-order valence-electron chi connectivity index (χ0n) is 26.8. The molecule has 0 aromatic rings. The minimum absolute atomic E-state index is 0.296. The molecular formula is C35H68O5. The topological polar surface area (TPSA) is 83.8 Å². The van der Waals surface area contributed by atoms with Crippen molar-refractivity contribution in [3.05, 3.63) is 0 Å². The maximum Gasteiger partial charge on any atom is 0.345 e. The van der Waals surface area contributed by atoms with Gasteiger partial charge in [0.2, 0.25) is 0 Å². The number of hydrogen-bond donors (Lipinski definition) is 2. The van der Waals surface area contributed by atoms with Gasteiger partial charge in [-0.25, -0.2) is 4.79 Å². The third-order valence-electron chi connectivity index (χ3n) is 8.29. The van der Waals surface area contributed by atoms with Crippen molar-refractivity contribution in [3.8, 4) is 0 Å². The summed E-state index contributed by atoms with van der Waals surface area (Å²) in [5, 5.41) is 18.4. The van der Waals surface area contributed by atoms with Gasteiger partial charge in [-0.1, -0.05) is 181 Å². The van der Waals surface area contributed by atoms with E-state index in [1.165, 1.54) is 141 Å². The third-order valence-corrected chi connectivity index (χ3v) is 8.29. The molecule has 0 aromatic heterocycles. The van der Waals surface area contributed by atoms with Gasteiger partial charge >= 0.3 is 11.9 Å². The number of esters is 2. The number of hydrogen-bond acceptors (Lipinski definition) is 5. The van der Waals surface area contributed by atoms with E-state index in [0.717, 1.165) is 38.5 Å². The molecule has 0 radical (unpaired) electrons. The van der Waals surface area contributed by atoms with E-state index >= 15 is 0 Å². The van der Waals surface area contributed by atoms with E-state index in [2.05, 4.69) is 13.8 Å². The zero-order chi connectivity index (χ0) is 29.5. The molecule has 0 bridgehead atoms. The van der Waals surface area contributed by atoms with Crippen LogP contribution >= 0.6 is 0 Å². The Morgan fingerprint density at radius 2 is 0.750 bits per heavy atom. The van der Waals surface area contributed by atoms with Crippen molar-refractivity contribution in [1.29, 1.82) is 0 Å². The van der Waals surface area contributed by atoms with Gasteiger partial charge in [-0.05, 0) is 12.8 Å². The lowest BCUT2D eigenvalue weighted by atomic mass is 9.94. The highest BCUT2D eigenvalue weighted by Gasteiger charge is 2.25. The van der Waals surface area contributed by atoms with E-state index in [1.807, 2.05) is 0 Å². The molecule has 0 aliphatic rings. The molecule has 2 unspecified atom stereocenters. The number of ether oxygens (including phenoxy) is 1. The van der Waals surface area contributed by atoms with Crippen molar-refractivity contribution in [2.45, 2.75) is 200 Å². The second-order valence-corrected chi connectivity index (χ2v) is 12.2. The molecule has 0 aromatic carbocycles. The van der Waals surface area contributed by atoms with Gasteiger partial charge in [-0.15, -0.1) is 0 Å². The van der Waals surface area contributed by atoms with Gasteiger partial charge in [0, 0.05) is 0 Å². The highest BCUT2D eigenvalue weighted by Crippen LogP contribution is 2.22. The minimum Gasteiger partial charge on any atom is -0.393 e. The highest BCUT2D eigenvalue weighted by molar-refractivity contribution is 5.88. The number of carbonyl (C=O) groups excluding carboxylic acids is 2. The first kappa shape index (κ1) is 39.1. The van der Waals surface area contributed by atoms with Crippen LogP contribution < -0.4 is 0 Å². The van der Waals surface area contributed by atoms with E-state index in [9.17, 15) is 14.7 Å². The molecular weight excluding hydrogens is 500 g/mol. The second-order valence-electron chi connectivity index (χ2n) is 12.2. The van der Waals surface area contributed by atoms with Gasteiger partial charge in [-0.3, -0.25) is 4.79 Å². The highest BCUT2D eigenvalue weighted by atomic mass is 16.6. The summed E-state index contributed by atoms with van der Waals surface area (Å²) in [6.45, 7) is 3.80. The molecule has 238 valence electrons. The van der Waals surface area contributed by atoms with Crippen LogP contribution in [0.15, 0.2) is 0 Å². The van der Waals surface area contributed by atoms with Crippen LogP contribution in [0.3, 0.4) is 0 Å². The first-order chi connectivity index (χ1) is 19.6. The van der Waals surface area contributed by atoms with Crippen LogP contribution in [0.5, 0.6) is 0 Å². The minimum atomic E-state index is -1.64. The van der Waals surface area contributed by atoms with E-state index < -0.39 is 24.6 Å². The zero-order valence-corrected chi connectivity index (χ0v) is 26.8. The smallest absolute Gasteiger partial charge is 0.345 e. The van der Waals surface area contributed by atoms with E-state index in [1.54, 1.807) is 0 Å². The molecule has 0 aliphatic heterocycles. The van der Waals surface area contributed by atoms with Crippen LogP contribution in [-0.2, 0) is 14.3 Å². The van der Waals surface area contributed by atoms with Crippen molar-refractivity contribution >= 4 is 11.9 Å². The van der Waals surface area contributed by atoms with Gasteiger partial charge in [-0.2, -0.15) is 0 Å². The quantitative estimate of drug-likeness (QED) is 0.0494. The molecule has 5 heteroatoms. The predicted octanol–water partition coefficient (Wildman–Crippen LogP) is 9.99.